The van der Waals surface area contributed by atoms with Gasteiger partial charge in [0.15, 0.2) is 5.96 Å². The van der Waals surface area contributed by atoms with Crippen LogP contribution in [0.4, 0.5) is 0 Å². The Morgan fingerprint density at radius 2 is 2.00 bits per heavy atom. The molecule has 0 radical (unpaired) electrons. The Morgan fingerprint density at radius 3 is 2.69 bits per heavy atom. The van der Waals surface area contributed by atoms with Gasteiger partial charge in [-0.1, -0.05) is 37.3 Å². The molecule has 1 atom stereocenters. The van der Waals surface area contributed by atoms with Gasteiger partial charge in [-0.3, -0.25) is 9.79 Å². The zero-order chi connectivity index (χ0) is 22.1. The average Bonchev–Trinajstić information content (AvgIpc) is 3.32. The monoisotopic (exact) mass is 569 g/mol. The second-order valence-corrected chi connectivity index (χ2v) is 9.29. The molecule has 0 bridgehead atoms. The minimum Gasteiger partial charge on any atom is -0.357 e. The van der Waals surface area contributed by atoms with Crippen molar-refractivity contribution in [1.82, 2.24) is 20.5 Å². The Hall–Kier alpha value is -1.68. The molecule has 1 aromatic heterocycles. The van der Waals surface area contributed by atoms with Crippen LogP contribution in [-0.2, 0) is 24.1 Å². The van der Waals surface area contributed by atoms with Crippen molar-refractivity contribution in [3.8, 4) is 0 Å². The molecule has 6 nitrogen and oxygen atoms in total. The molecule has 1 aliphatic rings. The number of benzene rings is 1. The van der Waals surface area contributed by atoms with Crippen LogP contribution in [0.5, 0.6) is 0 Å². The molecule has 2 heterocycles. The number of rotatable bonds is 10. The highest BCUT2D eigenvalue weighted by Gasteiger charge is 2.29. The van der Waals surface area contributed by atoms with Crippen molar-refractivity contribution in [3.05, 3.63) is 51.5 Å². The lowest BCUT2D eigenvalue weighted by Crippen LogP contribution is -2.38. The maximum absolute atomic E-state index is 12.4. The molecular weight excluding hydrogens is 533 g/mol. The van der Waals surface area contributed by atoms with Gasteiger partial charge in [-0.2, -0.15) is 0 Å². The molecule has 1 fully saturated rings. The van der Waals surface area contributed by atoms with E-state index in [2.05, 4.69) is 43.5 Å². The summed E-state index contributed by atoms with van der Waals surface area (Å²) in [4.78, 5) is 25.2. The standard InChI is InChI=1S/C24H35N5OS.HI/c1-4-21-18(3)31-22(28-21)11-13-26-24(25-5-2)27-16-20-15-23(30)29(17-20)14-12-19-9-7-6-8-10-19;/h6-10,20H,4-5,11-17H2,1-3H3,(H2,25,26,27);1H. The molecular formula is C24H36IN5OS. The highest BCUT2D eigenvalue weighted by Crippen LogP contribution is 2.19. The summed E-state index contributed by atoms with van der Waals surface area (Å²) in [5, 5.41) is 7.90. The number of aryl methyl sites for hydroxylation is 2. The first kappa shape index (κ1) is 26.6. The van der Waals surface area contributed by atoms with E-state index in [4.69, 9.17) is 9.98 Å². The molecule has 176 valence electrons. The van der Waals surface area contributed by atoms with Crippen molar-refractivity contribution in [3.63, 3.8) is 0 Å². The van der Waals surface area contributed by atoms with Gasteiger partial charge in [0, 0.05) is 56.4 Å². The van der Waals surface area contributed by atoms with Crippen LogP contribution in [0.3, 0.4) is 0 Å². The van der Waals surface area contributed by atoms with Crippen molar-refractivity contribution in [1.29, 1.82) is 0 Å². The summed E-state index contributed by atoms with van der Waals surface area (Å²) < 4.78 is 0. The second-order valence-electron chi connectivity index (χ2n) is 8.01. The molecule has 1 aliphatic heterocycles. The maximum atomic E-state index is 12.4. The van der Waals surface area contributed by atoms with E-state index in [0.29, 0.717) is 13.0 Å². The number of nitrogens with zero attached hydrogens (tertiary/aromatic N) is 3. The van der Waals surface area contributed by atoms with Gasteiger partial charge in [0.2, 0.25) is 5.91 Å². The summed E-state index contributed by atoms with van der Waals surface area (Å²) in [6.45, 7) is 10.2. The van der Waals surface area contributed by atoms with Gasteiger partial charge in [-0.25, -0.2) is 4.98 Å². The predicted molar refractivity (Wildman–Crippen MR) is 144 cm³/mol. The number of likely N-dealkylation sites (tertiary alicyclic amines) is 1. The molecule has 1 unspecified atom stereocenters. The number of guanidine groups is 1. The zero-order valence-electron chi connectivity index (χ0n) is 19.4. The fourth-order valence-corrected chi connectivity index (χ4v) is 4.89. The molecule has 0 aliphatic carbocycles. The third-order valence-electron chi connectivity index (χ3n) is 5.56. The van der Waals surface area contributed by atoms with Gasteiger partial charge in [0.05, 0.1) is 10.7 Å². The van der Waals surface area contributed by atoms with Crippen molar-refractivity contribution < 1.29 is 4.79 Å². The molecule has 1 saturated heterocycles. The van der Waals surface area contributed by atoms with Crippen molar-refractivity contribution in [2.75, 3.05) is 32.7 Å². The van der Waals surface area contributed by atoms with E-state index >= 15 is 0 Å². The van der Waals surface area contributed by atoms with Gasteiger partial charge >= 0.3 is 0 Å². The Morgan fingerprint density at radius 1 is 1.22 bits per heavy atom. The van der Waals surface area contributed by atoms with Crippen molar-refractivity contribution in [2.24, 2.45) is 10.9 Å². The van der Waals surface area contributed by atoms with E-state index in [1.807, 2.05) is 23.1 Å². The normalized spacial score (nSPS) is 16.2. The highest BCUT2D eigenvalue weighted by atomic mass is 127. The van der Waals surface area contributed by atoms with E-state index in [9.17, 15) is 4.79 Å². The van der Waals surface area contributed by atoms with Crippen LogP contribution in [-0.4, -0.2) is 54.5 Å². The Balaban J connectivity index is 0.00000363. The van der Waals surface area contributed by atoms with Crippen molar-refractivity contribution >= 4 is 47.2 Å². The Kier molecular flexibility index (Phi) is 11.4. The number of aromatic nitrogens is 1. The van der Waals surface area contributed by atoms with Crippen LogP contribution < -0.4 is 10.6 Å². The summed E-state index contributed by atoms with van der Waals surface area (Å²) in [5.41, 5.74) is 2.49. The summed E-state index contributed by atoms with van der Waals surface area (Å²) >= 11 is 1.79. The van der Waals surface area contributed by atoms with E-state index in [-0.39, 0.29) is 35.8 Å². The lowest BCUT2D eigenvalue weighted by molar-refractivity contribution is -0.127. The first-order chi connectivity index (χ1) is 15.1. The number of carbonyl (C=O) groups is 1. The second kappa shape index (κ2) is 13.8. The number of carbonyl (C=O) groups excluding carboxylic acids is 1. The van der Waals surface area contributed by atoms with Crippen LogP contribution >= 0.6 is 35.3 Å². The Labute approximate surface area is 213 Å². The van der Waals surface area contributed by atoms with Gasteiger partial charge in [0.25, 0.3) is 0 Å². The quantitative estimate of drug-likeness (QED) is 0.260. The molecule has 32 heavy (non-hydrogen) atoms. The number of halogens is 1. The van der Waals surface area contributed by atoms with Crippen molar-refractivity contribution in [2.45, 2.75) is 46.5 Å². The SMILES string of the molecule is CCNC(=NCC1CC(=O)N(CCc2ccccc2)C1)NCCc1nc(CC)c(C)s1.I. The first-order valence-corrected chi connectivity index (χ1v) is 12.2. The van der Waals surface area contributed by atoms with Crippen LogP contribution in [0, 0.1) is 12.8 Å². The average molecular weight is 570 g/mol. The summed E-state index contributed by atoms with van der Waals surface area (Å²) in [7, 11) is 0. The fraction of sp³-hybridized carbons (Fsp3) is 0.542. The summed E-state index contributed by atoms with van der Waals surface area (Å²) in [5.74, 6) is 1.36. The van der Waals surface area contributed by atoms with Crippen LogP contribution in [0.25, 0.3) is 0 Å². The van der Waals surface area contributed by atoms with Crippen LogP contribution in [0.1, 0.15) is 41.4 Å². The van der Waals surface area contributed by atoms with E-state index in [1.165, 1.54) is 21.1 Å². The third-order valence-corrected chi connectivity index (χ3v) is 6.64. The molecule has 0 spiro atoms. The molecule has 2 N–H and O–H groups in total. The van der Waals surface area contributed by atoms with Gasteiger partial charge in [0.1, 0.15) is 0 Å². The van der Waals surface area contributed by atoms with E-state index in [0.717, 1.165) is 51.4 Å². The maximum Gasteiger partial charge on any atom is 0.223 e. The molecule has 3 rings (SSSR count). The van der Waals surface area contributed by atoms with E-state index < -0.39 is 0 Å². The largest absolute Gasteiger partial charge is 0.357 e. The van der Waals surface area contributed by atoms with E-state index in [1.54, 1.807) is 11.3 Å². The highest BCUT2D eigenvalue weighted by molar-refractivity contribution is 14.0. The first-order valence-electron chi connectivity index (χ1n) is 11.4. The third kappa shape index (κ3) is 8.03. The lowest BCUT2D eigenvalue weighted by atomic mass is 10.1. The number of hydrogen-bond donors (Lipinski definition) is 2. The smallest absolute Gasteiger partial charge is 0.223 e. The lowest BCUT2D eigenvalue weighted by Gasteiger charge is -2.16. The summed E-state index contributed by atoms with van der Waals surface area (Å²) in [6.07, 6.45) is 3.38. The molecule has 8 heteroatoms. The number of amides is 1. The summed E-state index contributed by atoms with van der Waals surface area (Å²) in [6, 6.07) is 10.4. The van der Waals surface area contributed by atoms with Crippen LogP contribution in [0.2, 0.25) is 0 Å². The molecule has 0 saturated carbocycles. The van der Waals surface area contributed by atoms with Gasteiger partial charge < -0.3 is 15.5 Å². The zero-order valence-corrected chi connectivity index (χ0v) is 22.5. The minimum atomic E-state index is 0. The minimum absolute atomic E-state index is 0. The molecule has 2 aromatic rings. The predicted octanol–water partition coefficient (Wildman–Crippen LogP) is 3.82. The number of nitrogens with one attached hydrogen (secondary N) is 2. The van der Waals surface area contributed by atoms with Gasteiger partial charge in [-0.05, 0) is 32.3 Å². The molecule has 1 aromatic carbocycles. The van der Waals surface area contributed by atoms with Gasteiger partial charge in [-0.15, -0.1) is 35.3 Å². The van der Waals surface area contributed by atoms with Crippen LogP contribution in [0.15, 0.2) is 35.3 Å². The number of hydrogen-bond acceptors (Lipinski definition) is 4. The molecule has 1 amide bonds. The topological polar surface area (TPSA) is 69.6 Å². The Bertz CT molecular complexity index is 871. The fourth-order valence-electron chi connectivity index (χ4n) is 3.87. The number of thiazole rings is 1. The number of aliphatic imine (C=N–C) groups is 1.